The van der Waals surface area contributed by atoms with E-state index in [4.69, 9.17) is 23.2 Å². The van der Waals surface area contributed by atoms with Crippen molar-refractivity contribution in [1.82, 2.24) is 19.7 Å². The Kier molecular flexibility index (Phi) is 4.00. The molecule has 5 nitrogen and oxygen atoms in total. The topological polar surface area (TPSA) is 55.6 Å². The molecule has 2 aromatic heterocycles. The van der Waals surface area contributed by atoms with Crippen LogP contribution in [-0.4, -0.2) is 19.7 Å². The van der Waals surface area contributed by atoms with E-state index in [1.54, 1.807) is 29.1 Å². The molecule has 0 amide bonds. The van der Waals surface area contributed by atoms with Crippen LogP contribution in [0, 0.1) is 6.92 Å². The lowest BCUT2D eigenvalue weighted by atomic mass is 10.2. The monoisotopic (exact) mass is 333 g/mol. The molecule has 0 saturated heterocycles. The van der Waals surface area contributed by atoms with Gasteiger partial charge >= 0.3 is 0 Å². The molecule has 1 aromatic carbocycles. The number of anilines is 2. The fraction of sp³-hybridized carbons (Fsp3) is 0.133. The number of aryl methyl sites for hydroxylation is 2. The van der Waals surface area contributed by atoms with Crippen molar-refractivity contribution in [3.05, 3.63) is 52.4 Å². The van der Waals surface area contributed by atoms with Crippen LogP contribution in [-0.2, 0) is 7.05 Å². The molecule has 0 unspecified atom stereocenters. The van der Waals surface area contributed by atoms with E-state index < -0.39 is 0 Å². The summed E-state index contributed by atoms with van der Waals surface area (Å²) in [6.07, 6.45) is 3.62. The molecule has 0 saturated carbocycles. The van der Waals surface area contributed by atoms with Gasteiger partial charge in [-0.15, -0.1) is 0 Å². The first-order valence-corrected chi connectivity index (χ1v) is 7.34. The van der Waals surface area contributed by atoms with Crippen molar-refractivity contribution in [2.24, 2.45) is 7.05 Å². The Hall–Kier alpha value is -2.11. The summed E-state index contributed by atoms with van der Waals surface area (Å²) in [5, 5.41) is 8.51. The van der Waals surface area contributed by atoms with E-state index in [-0.39, 0.29) is 0 Å². The molecule has 0 spiro atoms. The quantitative estimate of drug-likeness (QED) is 0.778. The average Bonchev–Trinajstić information content (AvgIpc) is 2.81. The van der Waals surface area contributed by atoms with Gasteiger partial charge in [-0.2, -0.15) is 5.10 Å². The van der Waals surface area contributed by atoms with E-state index in [1.165, 1.54) is 0 Å². The highest BCUT2D eigenvalue weighted by Crippen LogP contribution is 2.28. The summed E-state index contributed by atoms with van der Waals surface area (Å²) < 4.78 is 1.76. The Morgan fingerprint density at radius 2 is 2.00 bits per heavy atom. The Labute approximate surface area is 137 Å². The maximum atomic E-state index is 6.15. The number of rotatable bonds is 3. The second kappa shape index (κ2) is 5.94. The van der Waals surface area contributed by atoms with E-state index in [0.29, 0.717) is 21.7 Å². The molecule has 0 fully saturated rings. The first-order valence-electron chi connectivity index (χ1n) is 6.58. The van der Waals surface area contributed by atoms with Gasteiger partial charge in [-0.05, 0) is 31.2 Å². The third-order valence-corrected chi connectivity index (χ3v) is 3.67. The average molecular weight is 334 g/mol. The van der Waals surface area contributed by atoms with Crippen molar-refractivity contribution in [2.75, 3.05) is 5.32 Å². The van der Waals surface area contributed by atoms with Crippen molar-refractivity contribution >= 4 is 34.8 Å². The van der Waals surface area contributed by atoms with Crippen LogP contribution in [0.25, 0.3) is 11.3 Å². The fourth-order valence-corrected chi connectivity index (χ4v) is 2.59. The maximum Gasteiger partial charge on any atom is 0.227 e. The fourth-order valence-electron chi connectivity index (χ4n) is 2.13. The summed E-state index contributed by atoms with van der Waals surface area (Å²) in [4.78, 5) is 8.73. The third-order valence-electron chi connectivity index (χ3n) is 3.12. The molecule has 0 bridgehead atoms. The number of nitrogens with zero attached hydrogens (tertiary/aromatic N) is 4. The smallest absolute Gasteiger partial charge is 0.227 e. The van der Waals surface area contributed by atoms with Crippen LogP contribution in [0.1, 0.15) is 5.69 Å². The molecule has 2 heterocycles. The van der Waals surface area contributed by atoms with Crippen LogP contribution in [0.2, 0.25) is 10.0 Å². The number of aromatic nitrogens is 4. The third kappa shape index (κ3) is 3.05. The van der Waals surface area contributed by atoms with Crippen LogP contribution in [0.5, 0.6) is 0 Å². The predicted octanol–water partition coefficient (Wildman–Crippen LogP) is 4.24. The Morgan fingerprint density at radius 3 is 2.68 bits per heavy atom. The molecule has 22 heavy (non-hydrogen) atoms. The minimum absolute atomic E-state index is 0.463. The molecule has 0 aliphatic rings. The van der Waals surface area contributed by atoms with Crippen molar-refractivity contribution < 1.29 is 0 Å². The van der Waals surface area contributed by atoms with E-state index in [1.807, 2.05) is 26.2 Å². The number of nitrogens with one attached hydrogen (secondary N) is 1. The Balaban J connectivity index is 1.93. The molecule has 112 valence electrons. The van der Waals surface area contributed by atoms with Crippen LogP contribution in [0.3, 0.4) is 0 Å². The van der Waals surface area contributed by atoms with E-state index in [0.717, 1.165) is 17.0 Å². The molecule has 0 aliphatic carbocycles. The lowest BCUT2D eigenvalue weighted by Crippen LogP contribution is -1.98. The highest BCUT2D eigenvalue weighted by molar-refractivity contribution is 6.36. The van der Waals surface area contributed by atoms with Crippen molar-refractivity contribution in [3.63, 3.8) is 0 Å². The molecule has 0 aliphatic heterocycles. The summed E-state index contributed by atoms with van der Waals surface area (Å²) in [5.74, 6) is 0.463. The van der Waals surface area contributed by atoms with Crippen molar-refractivity contribution in [3.8, 4) is 11.3 Å². The van der Waals surface area contributed by atoms with Gasteiger partial charge in [-0.25, -0.2) is 9.97 Å². The summed E-state index contributed by atoms with van der Waals surface area (Å²) in [5.41, 5.74) is 3.38. The number of benzene rings is 1. The van der Waals surface area contributed by atoms with Crippen LogP contribution < -0.4 is 5.32 Å². The number of hydrogen-bond donors (Lipinski definition) is 1. The van der Waals surface area contributed by atoms with Gasteiger partial charge < -0.3 is 5.32 Å². The minimum Gasteiger partial charge on any atom is -0.323 e. The SMILES string of the molecule is Cc1nn(C)cc1-c1ccnc(Nc2ccc(Cl)cc2Cl)n1. The van der Waals surface area contributed by atoms with Gasteiger partial charge in [0.25, 0.3) is 0 Å². The number of hydrogen-bond acceptors (Lipinski definition) is 4. The van der Waals surface area contributed by atoms with E-state index in [9.17, 15) is 0 Å². The summed E-state index contributed by atoms with van der Waals surface area (Å²) in [6, 6.07) is 7.06. The molecule has 3 aromatic rings. The lowest BCUT2D eigenvalue weighted by Gasteiger charge is -2.08. The van der Waals surface area contributed by atoms with Crippen molar-refractivity contribution in [2.45, 2.75) is 6.92 Å². The van der Waals surface area contributed by atoms with Gasteiger partial charge in [-0.1, -0.05) is 23.2 Å². The Bertz CT molecular complexity index is 829. The van der Waals surface area contributed by atoms with Gasteiger partial charge in [0.2, 0.25) is 5.95 Å². The van der Waals surface area contributed by atoms with Gasteiger partial charge in [0, 0.05) is 30.0 Å². The molecule has 7 heteroatoms. The summed E-state index contributed by atoms with van der Waals surface area (Å²) in [7, 11) is 1.88. The predicted molar refractivity (Wildman–Crippen MR) is 88.7 cm³/mol. The molecule has 3 rings (SSSR count). The standard InChI is InChI=1S/C15H13Cl2N5/c1-9-11(8-22(2)21-9)13-5-6-18-15(19-13)20-14-4-3-10(16)7-12(14)17/h3-8H,1-2H3,(H,18,19,20). The first-order chi connectivity index (χ1) is 10.5. The maximum absolute atomic E-state index is 6.15. The molecule has 0 radical (unpaired) electrons. The first kappa shape index (κ1) is 14.8. The normalized spacial score (nSPS) is 10.7. The molecule has 1 N–H and O–H groups in total. The van der Waals surface area contributed by atoms with Crippen molar-refractivity contribution in [1.29, 1.82) is 0 Å². The van der Waals surface area contributed by atoms with Crippen LogP contribution in [0.4, 0.5) is 11.6 Å². The van der Waals surface area contributed by atoms with Crippen LogP contribution in [0.15, 0.2) is 36.7 Å². The largest absolute Gasteiger partial charge is 0.323 e. The Morgan fingerprint density at radius 1 is 1.18 bits per heavy atom. The van der Waals surface area contributed by atoms with Crippen LogP contribution >= 0.6 is 23.2 Å². The second-order valence-electron chi connectivity index (χ2n) is 4.82. The molecular formula is C15H13Cl2N5. The zero-order valence-electron chi connectivity index (χ0n) is 12.0. The number of halogens is 2. The summed E-state index contributed by atoms with van der Waals surface area (Å²) >= 11 is 12.0. The van der Waals surface area contributed by atoms with Gasteiger partial charge in [0.15, 0.2) is 0 Å². The zero-order chi connectivity index (χ0) is 15.7. The van der Waals surface area contributed by atoms with E-state index >= 15 is 0 Å². The minimum atomic E-state index is 0.463. The molecular weight excluding hydrogens is 321 g/mol. The van der Waals surface area contributed by atoms with Gasteiger partial charge in [0.1, 0.15) is 0 Å². The highest BCUT2D eigenvalue weighted by atomic mass is 35.5. The second-order valence-corrected chi connectivity index (χ2v) is 5.66. The van der Waals surface area contributed by atoms with E-state index in [2.05, 4.69) is 20.4 Å². The van der Waals surface area contributed by atoms with Gasteiger partial charge in [0.05, 0.1) is 22.1 Å². The molecule has 0 atom stereocenters. The highest BCUT2D eigenvalue weighted by Gasteiger charge is 2.09. The van der Waals surface area contributed by atoms with Gasteiger partial charge in [-0.3, -0.25) is 4.68 Å². The summed E-state index contributed by atoms with van der Waals surface area (Å²) in [6.45, 7) is 1.95. The zero-order valence-corrected chi connectivity index (χ0v) is 13.5. The lowest BCUT2D eigenvalue weighted by molar-refractivity contribution is 0.756.